The van der Waals surface area contributed by atoms with E-state index in [2.05, 4.69) is 5.32 Å². The summed E-state index contributed by atoms with van der Waals surface area (Å²) in [4.78, 5) is 27.1. The number of likely N-dealkylation sites (N-methyl/N-ethyl adjacent to an activating group) is 1. The zero-order chi connectivity index (χ0) is 14.6. The minimum Gasteiger partial charge on any atom is -0.388 e. The Morgan fingerprint density at radius 3 is 2.50 bits per heavy atom. The molecule has 20 heavy (non-hydrogen) atoms. The Hall–Kier alpha value is -1.18. The highest BCUT2D eigenvalue weighted by molar-refractivity contribution is 6.34. The quantitative estimate of drug-likeness (QED) is 0.598. The number of piperazine rings is 1. The number of ether oxygens (including phenoxy) is 1. The van der Waals surface area contributed by atoms with Gasteiger partial charge in [-0.05, 0) is 0 Å². The van der Waals surface area contributed by atoms with E-state index >= 15 is 0 Å². The number of carbonyl (C=O) groups is 2. The summed E-state index contributed by atoms with van der Waals surface area (Å²) in [7, 11) is 1.57. The summed E-state index contributed by atoms with van der Waals surface area (Å²) >= 11 is 0. The SMILES string of the molecule is CN(CC1(O)CCOCC1)C(=O)C(=O)N1CCNCC1. The fourth-order valence-electron chi connectivity index (χ4n) is 2.59. The molecule has 0 atom stereocenters. The zero-order valence-electron chi connectivity index (χ0n) is 11.9. The topological polar surface area (TPSA) is 82.1 Å². The lowest BCUT2D eigenvalue weighted by Crippen LogP contribution is -2.54. The number of nitrogens with zero attached hydrogens (tertiary/aromatic N) is 2. The van der Waals surface area contributed by atoms with Gasteiger partial charge in [0, 0.05) is 65.8 Å². The van der Waals surface area contributed by atoms with Crippen molar-refractivity contribution >= 4 is 11.8 Å². The van der Waals surface area contributed by atoms with Gasteiger partial charge in [0.05, 0.1) is 5.60 Å². The monoisotopic (exact) mass is 285 g/mol. The molecular weight excluding hydrogens is 262 g/mol. The highest BCUT2D eigenvalue weighted by atomic mass is 16.5. The van der Waals surface area contributed by atoms with Crippen LogP contribution in [0.4, 0.5) is 0 Å². The van der Waals surface area contributed by atoms with Crippen molar-refractivity contribution in [2.45, 2.75) is 18.4 Å². The second-order valence-electron chi connectivity index (χ2n) is 5.54. The largest absolute Gasteiger partial charge is 0.388 e. The van der Waals surface area contributed by atoms with E-state index in [0.29, 0.717) is 52.2 Å². The van der Waals surface area contributed by atoms with E-state index in [-0.39, 0.29) is 6.54 Å². The normalized spacial score (nSPS) is 22.4. The highest BCUT2D eigenvalue weighted by Crippen LogP contribution is 2.21. The molecule has 2 N–H and O–H groups in total. The molecule has 0 radical (unpaired) electrons. The van der Waals surface area contributed by atoms with Gasteiger partial charge in [-0.3, -0.25) is 9.59 Å². The molecule has 0 spiro atoms. The summed E-state index contributed by atoms with van der Waals surface area (Å²) in [6.07, 6.45) is 0.985. The van der Waals surface area contributed by atoms with Crippen LogP contribution in [0.15, 0.2) is 0 Å². The van der Waals surface area contributed by atoms with Gasteiger partial charge >= 0.3 is 11.8 Å². The third kappa shape index (κ3) is 3.68. The van der Waals surface area contributed by atoms with E-state index in [0.717, 1.165) is 0 Å². The lowest BCUT2D eigenvalue weighted by molar-refractivity contribution is -0.154. The summed E-state index contributed by atoms with van der Waals surface area (Å²) in [5, 5.41) is 13.5. The molecule has 0 bridgehead atoms. The van der Waals surface area contributed by atoms with Crippen LogP contribution in [0.25, 0.3) is 0 Å². The molecular formula is C13H23N3O4. The summed E-state index contributed by atoms with van der Waals surface area (Å²) in [5.41, 5.74) is -0.938. The van der Waals surface area contributed by atoms with Gasteiger partial charge < -0.3 is 25.0 Å². The van der Waals surface area contributed by atoms with Crippen LogP contribution in [0.3, 0.4) is 0 Å². The van der Waals surface area contributed by atoms with Crippen molar-refractivity contribution in [1.29, 1.82) is 0 Å². The molecule has 114 valence electrons. The number of aliphatic hydroxyl groups is 1. The molecule has 2 amide bonds. The fourth-order valence-corrected chi connectivity index (χ4v) is 2.59. The maximum absolute atomic E-state index is 12.1. The molecule has 0 aromatic heterocycles. The molecule has 0 aliphatic carbocycles. The van der Waals surface area contributed by atoms with Gasteiger partial charge in [-0.15, -0.1) is 0 Å². The number of nitrogens with one attached hydrogen (secondary N) is 1. The summed E-state index contributed by atoms with van der Waals surface area (Å²) in [6, 6.07) is 0. The zero-order valence-corrected chi connectivity index (χ0v) is 11.9. The lowest BCUT2D eigenvalue weighted by atomic mass is 9.94. The van der Waals surface area contributed by atoms with E-state index in [4.69, 9.17) is 4.74 Å². The standard InChI is InChI=1S/C13H23N3O4/c1-15(10-13(19)2-8-20-9-3-13)11(17)12(18)16-6-4-14-5-7-16/h14,19H,2-10H2,1H3. The number of hydrogen-bond acceptors (Lipinski definition) is 5. The molecule has 7 nitrogen and oxygen atoms in total. The van der Waals surface area contributed by atoms with Crippen molar-refractivity contribution < 1.29 is 19.4 Å². The molecule has 0 aromatic carbocycles. The average molecular weight is 285 g/mol. The second kappa shape index (κ2) is 6.51. The Balaban J connectivity index is 1.88. The maximum atomic E-state index is 12.1. The van der Waals surface area contributed by atoms with Crippen molar-refractivity contribution in [3.63, 3.8) is 0 Å². The van der Waals surface area contributed by atoms with Crippen molar-refractivity contribution in [2.24, 2.45) is 0 Å². The first-order valence-corrected chi connectivity index (χ1v) is 7.07. The van der Waals surface area contributed by atoms with Crippen LogP contribution in [0.1, 0.15) is 12.8 Å². The van der Waals surface area contributed by atoms with Gasteiger partial charge in [0.15, 0.2) is 0 Å². The Morgan fingerprint density at radius 2 is 1.90 bits per heavy atom. The van der Waals surface area contributed by atoms with Crippen molar-refractivity contribution in [1.82, 2.24) is 15.1 Å². The molecule has 0 unspecified atom stereocenters. The number of carbonyl (C=O) groups excluding carboxylic acids is 2. The van der Waals surface area contributed by atoms with E-state index in [1.165, 1.54) is 4.90 Å². The smallest absolute Gasteiger partial charge is 0.312 e. The predicted octanol–water partition coefficient (Wildman–Crippen LogP) is -1.58. The van der Waals surface area contributed by atoms with Crippen molar-refractivity contribution in [2.75, 3.05) is 53.0 Å². The highest BCUT2D eigenvalue weighted by Gasteiger charge is 2.34. The van der Waals surface area contributed by atoms with Crippen LogP contribution < -0.4 is 5.32 Å². The van der Waals surface area contributed by atoms with Crippen molar-refractivity contribution in [3.8, 4) is 0 Å². The Bertz CT molecular complexity index is 363. The number of rotatable bonds is 2. The van der Waals surface area contributed by atoms with E-state index in [9.17, 15) is 14.7 Å². The summed E-state index contributed by atoms with van der Waals surface area (Å²) < 4.78 is 5.20. The van der Waals surface area contributed by atoms with Crippen LogP contribution in [-0.2, 0) is 14.3 Å². The minimum atomic E-state index is -0.938. The molecule has 0 saturated carbocycles. The molecule has 7 heteroatoms. The maximum Gasteiger partial charge on any atom is 0.312 e. The van der Waals surface area contributed by atoms with Gasteiger partial charge in [-0.2, -0.15) is 0 Å². The first kappa shape index (κ1) is 15.2. The van der Waals surface area contributed by atoms with E-state index in [1.54, 1.807) is 11.9 Å². The number of hydrogen-bond donors (Lipinski definition) is 2. The molecule has 2 aliphatic heterocycles. The molecule has 2 saturated heterocycles. The van der Waals surface area contributed by atoms with Crippen LogP contribution in [0.2, 0.25) is 0 Å². The van der Waals surface area contributed by atoms with E-state index in [1.807, 2.05) is 0 Å². The lowest BCUT2D eigenvalue weighted by Gasteiger charge is -2.36. The fraction of sp³-hybridized carbons (Fsp3) is 0.846. The minimum absolute atomic E-state index is 0.174. The van der Waals surface area contributed by atoms with Gasteiger partial charge in [0.25, 0.3) is 0 Å². The van der Waals surface area contributed by atoms with Crippen molar-refractivity contribution in [3.05, 3.63) is 0 Å². The van der Waals surface area contributed by atoms with Crippen LogP contribution >= 0.6 is 0 Å². The third-order valence-corrected chi connectivity index (χ3v) is 3.89. The van der Waals surface area contributed by atoms with Gasteiger partial charge in [-0.25, -0.2) is 0 Å². The average Bonchev–Trinajstić information content (AvgIpc) is 2.47. The second-order valence-corrected chi connectivity index (χ2v) is 5.54. The first-order chi connectivity index (χ1) is 9.52. The van der Waals surface area contributed by atoms with Gasteiger partial charge in [0.2, 0.25) is 0 Å². The Labute approximate surface area is 118 Å². The Morgan fingerprint density at radius 1 is 1.30 bits per heavy atom. The third-order valence-electron chi connectivity index (χ3n) is 3.89. The van der Waals surface area contributed by atoms with Crippen LogP contribution in [0.5, 0.6) is 0 Å². The predicted molar refractivity (Wildman–Crippen MR) is 72.1 cm³/mol. The Kier molecular flexibility index (Phi) is 4.95. The molecule has 0 aromatic rings. The van der Waals surface area contributed by atoms with Crippen LogP contribution in [-0.4, -0.2) is 85.3 Å². The van der Waals surface area contributed by atoms with Crippen LogP contribution in [0, 0.1) is 0 Å². The summed E-state index contributed by atoms with van der Waals surface area (Å²) in [6.45, 7) is 3.68. The summed E-state index contributed by atoms with van der Waals surface area (Å²) in [5.74, 6) is -1.03. The van der Waals surface area contributed by atoms with Gasteiger partial charge in [-0.1, -0.05) is 0 Å². The van der Waals surface area contributed by atoms with E-state index < -0.39 is 17.4 Å². The first-order valence-electron chi connectivity index (χ1n) is 7.07. The molecule has 2 heterocycles. The molecule has 2 aliphatic rings. The van der Waals surface area contributed by atoms with Gasteiger partial charge in [0.1, 0.15) is 0 Å². The number of amides is 2. The molecule has 2 fully saturated rings. The molecule has 2 rings (SSSR count).